The average molecular weight is 343 g/mol. The predicted octanol–water partition coefficient (Wildman–Crippen LogP) is 4.61. The Morgan fingerprint density at radius 2 is 1.55 bits per heavy atom. The summed E-state index contributed by atoms with van der Waals surface area (Å²) < 4.78 is 9.85. The lowest BCUT2D eigenvalue weighted by atomic mass is 10.1. The third kappa shape index (κ3) is 6.89. The van der Waals surface area contributed by atoms with E-state index in [2.05, 4.69) is 20.7 Å². The van der Waals surface area contributed by atoms with Crippen LogP contribution in [0.15, 0.2) is 40.9 Å². The molecular formula is C16H23BrO3. The molecule has 2 aromatic carbocycles. The highest BCUT2D eigenvalue weighted by atomic mass is 79.9. The first-order valence-electron chi connectivity index (χ1n) is 6.46. The van der Waals surface area contributed by atoms with Crippen molar-refractivity contribution in [2.24, 2.45) is 0 Å². The zero-order chi connectivity index (χ0) is 15.4. The first kappa shape index (κ1) is 18.9. The molecule has 1 N–H and O–H groups in total. The van der Waals surface area contributed by atoms with Gasteiger partial charge in [0.2, 0.25) is 0 Å². The molecule has 0 bridgehead atoms. The maximum Gasteiger partial charge on any atom is 0.130 e. The minimum atomic E-state index is 0.286. The van der Waals surface area contributed by atoms with Crippen LogP contribution >= 0.6 is 15.9 Å². The molecule has 0 aliphatic rings. The Labute approximate surface area is 129 Å². The highest BCUT2D eigenvalue weighted by Gasteiger charge is 2.01. The Hall–Kier alpha value is -1.10. The Morgan fingerprint density at radius 3 is 2.05 bits per heavy atom. The summed E-state index contributed by atoms with van der Waals surface area (Å²) in [5.41, 5.74) is 0. The minimum Gasteiger partial charge on any atom is -0.507 e. The molecule has 2 aromatic rings. The number of phenols is 1. The van der Waals surface area contributed by atoms with Crippen LogP contribution in [0.1, 0.15) is 13.8 Å². The molecule has 0 heterocycles. The lowest BCUT2D eigenvalue weighted by Gasteiger charge is -2.01. The van der Waals surface area contributed by atoms with Gasteiger partial charge in [0.25, 0.3) is 0 Å². The molecule has 0 saturated heterocycles. The van der Waals surface area contributed by atoms with Crippen molar-refractivity contribution >= 4 is 26.7 Å². The lowest BCUT2D eigenvalue weighted by Crippen LogP contribution is -1.84. The molecule has 0 aromatic heterocycles. The molecular weight excluding hydrogens is 320 g/mol. The van der Waals surface area contributed by atoms with E-state index >= 15 is 0 Å². The molecule has 0 amide bonds. The van der Waals surface area contributed by atoms with E-state index in [1.807, 2.05) is 44.2 Å². The first-order valence-corrected chi connectivity index (χ1v) is 7.25. The van der Waals surface area contributed by atoms with Crippen LogP contribution < -0.4 is 0 Å². The molecule has 0 aliphatic heterocycles. The highest BCUT2D eigenvalue weighted by molar-refractivity contribution is 9.10. The number of rotatable bonds is 2. The van der Waals surface area contributed by atoms with Gasteiger partial charge in [0.1, 0.15) is 5.75 Å². The molecule has 112 valence electrons. The third-order valence-corrected chi connectivity index (χ3v) is 3.08. The van der Waals surface area contributed by atoms with Crippen LogP contribution in [0.5, 0.6) is 5.75 Å². The average Bonchev–Trinajstić information content (AvgIpc) is 2.46. The van der Waals surface area contributed by atoms with E-state index in [-0.39, 0.29) is 5.75 Å². The standard InChI is InChI=1S/C10H7BrO.C4H10O.C2H6O/c11-10-8-4-2-1-3-7(8)5-6-9(10)12;1-3-5-4-2;1-3-2/h1-6,12H;3-4H2,1-2H3;1-2H3. The molecule has 2 rings (SSSR count). The summed E-state index contributed by atoms with van der Waals surface area (Å²) in [6.45, 7) is 5.67. The van der Waals surface area contributed by atoms with Gasteiger partial charge in [-0.3, -0.25) is 0 Å². The van der Waals surface area contributed by atoms with Gasteiger partial charge in [0.05, 0.1) is 4.47 Å². The maximum atomic E-state index is 9.37. The summed E-state index contributed by atoms with van der Waals surface area (Å²) in [6.07, 6.45) is 0. The molecule has 0 spiro atoms. The Morgan fingerprint density at radius 1 is 1.00 bits per heavy atom. The van der Waals surface area contributed by atoms with E-state index < -0.39 is 0 Å². The third-order valence-electron chi connectivity index (χ3n) is 2.25. The number of hydrogen-bond acceptors (Lipinski definition) is 3. The van der Waals surface area contributed by atoms with E-state index in [1.54, 1.807) is 20.3 Å². The van der Waals surface area contributed by atoms with Crippen molar-refractivity contribution < 1.29 is 14.6 Å². The zero-order valence-electron chi connectivity index (χ0n) is 12.5. The summed E-state index contributed by atoms with van der Waals surface area (Å²) >= 11 is 3.33. The largest absolute Gasteiger partial charge is 0.507 e. The van der Waals surface area contributed by atoms with Gasteiger partial charge in [-0.1, -0.05) is 30.3 Å². The molecule has 4 heteroatoms. The van der Waals surface area contributed by atoms with Crippen LogP contribution in [0.4, 0.5) is 0 Å². The van der Waals surface area contributed by atoms with Crippen molar-refractivity contribution in [2.75, 3.05) is 27.4 Å². The Bertz CT molecular complexity index is 484. The number of halogens is 1. The van der Waals surface area contributed by atoms with Crippen molar-refractivity contribution in [2.45, 2.75) is 13.8 Å². The fourth-order valence-corrected chi connectivity index (χ4v) is 1.92. The Kier molecular flexibility index (Phi) is 11.1. The lowest BCUT2D eigenvalue weighted by molar-refractivity contribution is 0.162. The topological polar surface area (TPSA) is 38.7 Å². The summed E-state index contributed by atoms with van der Waals surface area (Å²) in [6, 6.07) is 11.5. The van der Waals surface area contributed by atoms with Crippen molar-refractivity contribution in [1.29, 1.82) is 0 Å². The normalized spacial score (nSPS) is 9.25. The number of fused-ring (bicyclic) bond motifs is 1. The SMILES string of the molecule is CCOCC.COC.Oc1ccc2ccccc2c1Br. The number of hydrogen-bond donors (Lipinski definition) is 1. The Balaban J connectivity index is 0.000000382. The van der Waals surface area contributed by atoms with Crippen molar-refractivity contribution in [3.63, 3.8) is 0 Å². The summed E-state index contributed by atoms with van der Waals surface area (Å²) in [4.78, 5) is 0. The second kappa shape index (κ2) is 11.7. The summed E-state index contributed by atoms with van der Waals surface area (Å²) in [5, 5.41) is 11.5. The molecule has 3 nitrogen and oxygen atoms in total. The van der Waals surface area contributed by atoms with Crippen molar-refractivity contribution in [3.8, 4) is 5.75 Å². The molecule has 0 radical (unpaired) electrons. The number of phenolic OH excluding ortho intramolecular Hbond substituents is 1. The van der Waals surface area contributed by atoms with Crippen molar-refractivity contribution in [3.05, 3.63) is 40.9 Å². The monoisotopic (exact) mass is 342 g/mol. The van der Waals surface area contributed by atoms with Crippen LogP contribution in [0.25, 0.3) is 10.8 Å². The van der Waals surface area contributed by atoms with Crippen LogP contribution in [0.2, 0.25) is 0 Å². The number of aromatic hydroxyl groups is 1. The number of methoxy groups -OCH3 is 1. The summed E-state index contributed by atoms with van der Waals surface area (Å²) in [7, 11) is 3.25. The fourth-order valence-electron chi connectivity index (χ4n) is 1.43. The second-order valence-corrected chi connectivity index (χ2v) is 4.60. The maximum absolute atomic E-state index is 9.37. The smallest absolute Gasteiger partial charge is 0.130 e. The van der Waals surface area contributed by atoms with Gasteiger partial charge in [0, 0.05) is 27.4 Å². The minimum absolute atomic E-state index is 0.286. The highest BCUT2D eigenvalue weighted by Crippen LogP contribution is 2.31. The molecule has 0 fully saturated rings. The van der Waals surface area contributed by atoms with E-state index in [9.17, 15) is 5.11 Å². The zero-order valence-corrected chi connectivity index (χ0v) is 14.1. The molecule has 20 heavy (non-hydrogen) atoms. The predicted molar refractivity (Wildman–Crippen MR) is 88.4 cm³/mol. The van der Waals surface area contributed by atoms with Gasteiger partial charge < -0.3 is 14.6 Å². The van der Waals surface area contributed by atoms with Gasteiger partial charge >= 0.3 is 0 Å². The summed E-state index contributed by atoms with van der Waals surface area (Å²) in [5.74, 6) is 0.286. The van der Waals surface area contributed by atoms with Gasteiger partial charge in [-0.25, -0.2) is 0 Å². The second-order valence-electron chi connectivity index (χ2n) is 3.81. The first-order chi connectivity index (χ1) is 9.62. The van der Waals surface area contributed by atoms with Crippen molar-refractivity contribution in [1.82, 2.24) is 0 Å². The molecule has 0 atom stereocenters. The van der Waals surface area contributed by atoms with Gasteiger partial charge in [-0.15, -0.1) is 0 Å². The van der Waals surface area contributed by atoms with E-state index in [1.165, 1.54) is 0 Å². The van der Waals surface area contributed by atoms with Gasteiger partial charge in [-0.2, -0.15) is 0 Å². The number of benzene rings is 2. The quantitative estimate of drug-likeness (QED) is 0.865. The van der Waals surface area contributed by atoms with E-state index in [4.69, 9.17) is 4.74 Å². The molecule has 0 aliphatic carbocycles. The molecule has 0 saturated carbocycles. The molecule has 0 unspecified atom stereocenters. The van der Waals surface area contributed by atoms with Crippen LogP contribution in [0.3, 0.4) is 0 Å². The van der Waals surface area contributed by atoms with E-state index in [0.717, 1.165) is 28.5 Å². The fraction of sp³-hybridized carbons (Fsp3) is 0.375. The van der Waals surface area contributed by atoms with Crippen LogP contribution in [-0.4, -0.2) is 32.5 Å². The van der Waals surface area contributed by atoms with Gasteiger partial charge in [-0.05, 0) is 46.6 Å². The van der Waals surface area contributed by atoms with Gasteiger partial charge in [0.15, 0.2) is 0 Å². The number of ether oxygens (including phenoxy) is 2. The van der Waals surface area contributed by atoms with E-state index in [0.29, 0.717) is 0 Å². The van der Waals surface area contributed by atoms with Crippen LogP contribution in [-0.2, 0) is 9.47 Å². The van der Waals surface area contributed by atoms with Crippen LogP contribution in [0, 0.1) is 0 Å².